The molecular weight excluding hydrogens is 210 g/mol. The maximum Gasteiger partial charge on any atom is 0.0959 e. The van der Waals surface area contributed by atoms with E-state index in [1.165, 1.54) is 25.0 Å². The van der Waals surface area contributed by atoms with Crippen LogP contribution in [-0.4, -0.2) is 16.5 Å². The molecule has 0 amide bonds. The Hall–Kier alpha value is -0.150. The van der Waals surface area contributed by atoms with Gasteiger partial charge in [-0.25, -0.2) is 4.98 Å². The highest BCUT2D eigenvalue weighted by Gasteiger charge is 2.35. The number of thiol groups is 1. The van der Waals surface area contributed by atoms with Gasteiger partial charge in [0.15, 0.2) is 0 Å². The molecule has 1 aromatic rings. The molecule has 0 aromatic carbocycles. The number of hydrogen-bond acceptors (Lipinski definition) is 3. The van der Waals surface area contributed by atoms with E-state index in [9.17, 15) is 0 Å². The Morgan fingerprint density at radius 1 is 1.43 bits per heavy atom. The third-order valence-corrected chi connectivity index (χ3v) is 4.88. The lowest BCUT2D eigenvalue weighted by molar-refractivity contribution is 0.205. The summed E-state index contributed by atoms with van der Waals surface area (Å²) in [6, 6.07) is 6.08. The topological polar surface area (TPSA) is 12.9 Å². The van der Waals surface area contributed by atoms with Crippen molar-refractivity contribution in [2.24, 2.45) is 5.41 Å². The van der Waals surface area contributed by atoms with E-state index in [1.54, 1.807) is 0 Å². The van der Waals surface area contributed by atoms with Gasteiger partial charge in [-0.1, -0.05) is 12.5 Å². The summed E-state index contributed by atoms with van der Waals surface area (Å²) in [6.07, 6.45) is 5.92. The van der Waals surface area contributed by atoms with Crippen molar-refractivity contribution in [2.45, 2.75) is 24.3 Å². The highest BCUT2D eigenvalue weighted by Crippen LogP contribution is 2.45. The lowest BCUT2D eigenvalue weighted by atomic mass is 9.72. The largest absolute Gasteiger partial charge is 0.250 e. The number of rotatable bonds is 4. The zero-order valence-electron chi connectivity index (χ0n) is 8.15. The third-order valence-electron chi connectivity index (χ3n) is 2.91. The van der Waals surface area contributed by atoms with Crippen LogP contribution in [-0.2, 0) is 0 Å². The Balaban J connectivity index is 1.88. The zero-order chi connectivity index (χ0) is 9.86. The molecule has 0 radical (unpaired) electrons. The van der Waals surface area contributed by atoms with Crippen LogP contribution in [0.3, 0.4) is 0 Å². The van der Waals surface area contributed by atoms with E-state index in [4.69, 9.17) is 0 Å². The molecule has 1 aliphatic carbocycles. The van der Waals surface area contributed by atoms with Crippen molar-refractivity contribution in [1.29, 1.82) is 0 Å². The SMILES string of the molecule is SCC1(CSc2ccccn2)CCC1. The Morgan fingerprint density at radius 2 is 2.29 bits per heavy atom. The molecule has 0 atom stereocenters. The maximum absolute atomic E-state index is 4.45. The van der Waals surface area contributed by atoms with Gasteiger partial charge in [0.1, 0.15) is 0 Å². The van der Waals surface area contributed by atoms with E-state index in [0.29, 0.717) is 5.41 Å². The van der Waals surface area contributed by atoms with Gasteiger partial charge in [-0.05, 0) is 36.1 Å². The molecule has 76 valence electrons. The summed E-state index contributed by atoms with van der Waals surface area (Å²) in [6.45, 7) is 0. The van der Waals surface area contributed by atoms with Crippen LogP contribution >= 0.6 is 24.4 Å². The maximum atomic E-state index is 4.45. The molecule has 0 aliphatic heterocycles. The fourth-order valence-electron chi connectivity index (χ4n) is 1.68. The summed E-state index contributed by atoms with van der Waals surface area (Å²) in [5, 5.41) is 1.14. The fraction of sp³-hybridized carbons (Fsp3) is 0.545. The van der Waals surface area contributed by atoms with Crippen molar-refractivity contribution >= 4 is 24.4 Å². The van der Waals surface area contributed by atoms with E-state index in [0.717, 1.165) is 10.8 Å². The van der Waals surface area contributed by atoms with Gasteiger partial charge < -0.3 is 0 Å². The minimum Gasteiger partial charge on any atom is -0.250 e. The first-order valence-electron chi connectivity index (χ1n) is 4.99. The number of hydrogen-bond donors (Lipinski definition) is 1. The minimum absolute atomic E-state index is 0.505. The smallest absolute Gasteiger partial charge is 0.0959 e. The molecule has 0 unspecified atom stereocenters. The molecule has 0 spiro atoms. The highest BCUT2D eigenvalue weighted by atomic mass is 32.2. The van der Waals surface area contributed by atoms with Crippen LogP contribution in [0.4, 0.5) is 0 Å². The van der Waals surface area contributed by atoms with Crippen LogP contribution < -0.4 is 0 Å². The molecule has 1 aromatic heterocycles. The van der Waals surface area contributed by atoms with Crippen LogP contribution in [0, 0.1) is 5.41 Å². The van der Waals surface area contributed by atoms with Crippen molar-refractivity contribution in [1.82, 2.24) is 4.98 Å². The second-order valence-corrected chi connectivity index (χ2v) is 5.28. The summed E-state index contributed by atoms with van der Waals surface area (Å²) in [4.78, 5) is 4.31. The average Bonchev–Trinajstić information content (AvgIpc) is 2.19. The van der Waals surface area contributed by atoms with Gasteiger partial charge in [-0.2, -0.15) is 12.6 Å². The standard InChI is InChI=1S/C11H15NS2/c13-8-11(5-3-6-11)9-14-10-4-1-2-7-12-10/h1-2,4,7,13H,3,5-6,8-9H2. The fourth-order valence-corrected chi connectivity index (χ4v) is 3.42. The summed E-state index contributed by atoms with van der Waals surface area (Å²) in [5.74, 6) is 2.19. The molecular formula is C11H15NS2. The van der Waals surface area contributed by atoms with Crippen molar-refractivity contribution in [2.75, 3.05) is 11.5 Å². The molecule has 1 heterocycles. The van der Waals surface area contributed by atoms with Crippen LogP contribution in [0.1, 0.15) is 19.3 Å². The Kier molecular flexibility index (Phi) is 3.39. The lowest BCUT2D eigenvalue weighted by Crippen LogP contribution is -2.33. The molecule has 1 fully saturated rings. The summed E-state index contributed by atoms with van der Waals surface area (Å²) in [7, 11) is 0. The Labute approximate surface area is 95.1 Å². The summed E-state index contributed by atoms with van der Waals surface area (Å²) in [5.41, 5.74) is 0.505. The monoisotopic (exact) mass is 225 g/mol. The zero-order valence-corrected chi connectivity index (χ0v) is 9.86. The van der Waals surface area contributed by atoms with Crippen LogP contribution in [0.25, 0.3) is 0 Å². The molecule has 0 bridgehead atoms. The quantitative estimate of drug-likeness (QED) is 0.624. The van der Waals surface area contributed by atoms with Gasteiger partial charge in [0.2, 0.25) is 0 Å². The molecule has 0 N–H and O–H groups in total. The van der Waals surface area contributed by atoms with Gasteiger partial charge in [0.05, 0.1) is 5.03 Å². The molecule has 1 saturated carbocycles. The Morgan fingerprint density at radius 3 is 2.79 bits per heavy atom. The average molecular weight is 225 g/mol. The van der Waals surface area contributed by atoms with E-state index < -0.39 is 0 Å². The molecule has 1 aliphatic rings. The van der Waals surface area contributed by atoms with Gasteiger partial charge in [-0.15, -0.1) is 11.8 Å². The van der Waals surface area contributed by atoms with Crippen molar-refractivity contribution in [3.63, 3.8) is 0 Å². The van der Waals surface area contributed by atoms with E-state index in [1.807, 2.05) is 30.1 Å². The second-order valence-electron chi connectivity index (χ2n) is 3.97. The van der Waals surface area contributed by atoms with Crippen LogP contribution in [0.15, 0.2) is 29.4 Å². The van der Waals surface area contributed by atoms with E-state index in [2.05, 4.69) is 23.7 Å². The van der Waals surface area contributed by atoms with Crippen LogP contribution in [0.2, 0.25) is 0 Å². The molecule has 14 heavy (non-hydrogen) atoms. The van der Waals surface area contributed by atoms with Gasteiger partial charge >= 0.3 is 0 Å². The third kappa shape index (κ3) is 2.26. The molecule has 0 saturated heterocycles. The molecule has 3 heteroatoms. The first kappa shape index (κ1) is 10.4. The normalized spacial score (nSPS) is 18.9. The lowest BCUT2D eigenvalue weighted by Gasteiger charge is -2.40. The minimum atomic E-state index is 0.505. The highest BCUT2D eigenvalue weighted by molar-refractivity contribution is 7.99. The second kappa shape index (κ2) is 4.58. The number of aromatic nitrogens is 1. The van der Waals surface area contributed by atoms with Gasteiger partial charge in [0, 0.05) is 11.9 Å². The number of pyridine rings is 1. The first-order chi connectivity index (χ1) is 6.85. The van der Waals surface area contributed by atoms with Gasteiger partial charge in [0.25, 0.3) is 0 Å². The predicted molar refractivity (Wildman–Crippen MR) is 65.1 cm³/mol. The summed E-state index contributed by atoms with van der Waals surface area (Å²) < 4.78 is 0. The summed E-state index contributed by atoms with van der Waals surface area (Å²) >= 11 is 6.31. The predicted octanol–water partition coefficient (Wildman–Crippen LogP) is 3.27. The molecule has 1 nitrogen and oxygen atoms in total. The van der Waals surface area contributed by atoms with E-state index in [-0.39, 0.29) is 0 Å². The van der Waals surface area contributed by atoms with Crippen molar-refractivity contribution < 1.29 is 0 Å². The van der Waals surface area contributed by atoms with Gasteiger partial charge in [-0.3, -0.25) is 0 Å². The van der Waals surface area contributed by atoms with E-state index >= 15 is 0 Å². The number of nitrogens with zero attached hydrogens (tertiary/aromatic N) is 1. The number of thioether (sulfide) groups is 1. The van der Waals surface area contributed by atoms with Crippen LogP contribution in [0.5, 0.6) is 0 Å². The first-order valence-corrected chi connectivity index (χ1v) is 6.61. The van der Waals surface area contributed by atoms with Crippen molar-refractivity contribution in [3.05, 3.63) is 24.4 Å². The Bertz CT molecular complexity index is 277. The van der Waals surface area contributed by atoms with Crippen molar-refractivity contribution in [3.8, 4) is 0 Å². The molecule has 2 rings (SSSR count).